The molecule has 0 spiro atoms. The SMILES string of the molecule is CN(C)C1CCN(c2ccc(Nc3ncc(Cl)c(N[C@H]4CCCN(C(=O)CO)C4)n3)cc2)CC1. The summed E-state index contributed by atoms with van der Waals surface area (Å²) >= 11 is 6.34. The molecule has 0 radical (unpaired) electrons. The Morgan fingerprint density at radius 2 is 1.91 bits per heavy atom. The van der Waals surface area contributed by atoms with E-state index in [1.165, 1.54) is 18.5 Å². The van der Waals surface area contributed by atoms with E-state index in [0.717, 1.165) is 31.6 Å². The predicted octanol–water partition coefficient (Wildman–Crippen LogP) is 2.80. The molecule has 4 rings (SSSR count). The first kappa shape index (κ1) is 24.5. The summed E-state index contributed by atoms with van der Waals surface area (Å²) in [4.78, 5) is 27.1. The minimum absolute atomic E-state index is 0.0143. The van der Waals surface area contributed by atoms with Gasteiger partial charge in [0.1, 0.15) is 11.6 Å². The second-order valence-electron chi connectivity index (χ2n) is 9.23. The maximum Gasteiger partial charge on any atom is 0.248 e. The number of carbonyl (C=O) groups is 1. The fourth-order valence-corrected chi connectivity index (χ4v) is 4.81. The van der Waals surface area contributed by atoms with E-state index in [0.29, 0.717) is 35.9 Å². The fourth-order valence-electron chi connectivity index (χ4n) is 4.67. The summed E-state index contributed by atoms with van der Waals surface area (Å²) in [5.41, 5.74) is 2.12. The quantitative estimate of drug-likeness (QED) is 0.548. The van der Waals surface area contributed by atoms with Crippen LogP contribution >= 0.6 is 11.6 Å². The van der Waals surface area contributed by atoms with Gasteiger partial charge in [0.05, 0.1) is 6.20 Å². The second kappa shape index (κ2) is 11.2. The predicted molar refractivity (Wildman–Crippen MR) is 136 cm³/mol. The first-order valence-electron chi connectivity index (χ1n) is 11.9. The van der Waals surface area contributed by atoms with Crippen molar-refractivity contribution in [3.05, 3.63) is 35.5 Å². The number of hydrogen-bond donors (Lipinski definition) is 3. The molecule has 2 fully saturated rings. The second-order valence-corrected chi connectivity index (χ2v) is 9.63. The highest BCUT2D eigenvalue weighted by molar-refractivity contribution is 6.32. The third-order valence-corrected chi connectivity index (χ3v) is 6.95. The van der Waals surface area contributed by atoms with Gasteiger partial charge in [-0.15, -0.1) is 0 Å². The zero-order valence-corrected chi connectivity index (χ0v) is 20.6. The zero-order chi connectivity index (χ0) is 24.1. The minimum atomic E-state index is -0.470. The molecule has 2 aliphatic heterocycles. The molecule has 2 saturated heterocycles. The van der Waals surface area contributed by atoms with Gasteiger partial charge in [-0.1, -0.05) is 11.6 Å². The maximum absolute atomic E-state index is 11.8. The third kappa shape index (κ3) is 6.08. The van der Waals surface area contributed by atoms with Gasteiger partial charge in [0.25, 0.3) is 0 Å². The number of hydrogen-bond acceptors (Lipinski definition) is 8. The van der Waals surface area contributed by atoms with E-state index in [4.69, 9.17) is 16.7 Å². The van der Waals surface area contributed by atoms with Crippen molar-refractivity contribution in [1.82, 2.24) is 19.8 Å². The topological polar surface area (TPSA) is 96.9 Å². The van der Waals surface area contributed by atoms with Gasteiger partial charge in [-0.2, -0.15) is 4.98 Å². The number of amides is 1. The summed E-state index contributed by atoms with van der Waals surface area (Å²) in [5, 5.41) is 16.2. The molecular formula is C24H34ClN7O2. The molecule has 1 aromatic heterocycles. The lowest BCUT2D eigenvalue weighted by Gasteiger charge is -2.36. The van der Waals surface area contributed by atoms with E-state index in [-0.39, 0.29) is 11.9 Å². The van der Waals surface area contributed by atoms with Gasteiger partial charge in [0, 0.05) is 49.6 Å². The number of nitrogens with one attached hydrogen (secondary N) is 2. The summed E-state index contributed by atoms with van der Waals surface area (Å²) < 4.78 is 0. The van der Waals surface area contributed by atoms with Gasteiger partial charge in [-0.25, -0.2) is 4.98 Å². The number of likely N-dealkylation sites (tertiary alicyclic amines) is 1. The van der Waals surface area contributed by atoms with Crippen LogP contribution in [0.4, 0.5) is 23.1 Å². The molecule has 0 bridgehead atoms. The molecule has 0 unspecified atom stereocenters. The van der Waals surface area contributed by atoms with Crippen molar-refractivity contribution in [3.63, 3.8) is 0 Å². The molecule has 2 aliphatic rings. The highest BCUT2D eigenvalue weighted by atomic mass is 35.5. The largest absolute Gasteiger partial charge is 0.387 e. The number of piperidine rings is 2. The van der Waals surface area contributed by atoms with Gasteiger partial charge >= 0.3 is 0 Å². The van der Waals surface area contributed by atoms with Gasteiger partial charge in [-0.3, -0.25) is 4.79 Å². The number of aromatic nitrogens is 2. The Hall–Kier alpha value is -2.62. The zero-order valence-electron chi connectivity index (χ0n) is 19.9. The average molecular weight is 488 g/mol. The van der Waals surface area contributed by atoms with Crippen molar-refractivity contribution in [2.75, 3.05) is 62.4 Å². The number of carbonyl (C=O) groups excluding carboxylic acids is 1. The Labute approximate surface area is 206 Å². The first-order valence-corrected chi connectivity index (χ1v) is 12.3. The summed E-state index contributed by atoms with van der Waals surface area (Å²) in [6, 6.07) is 9.01. The lowest BCUT2D eigenvalue weighted by molar-refractivity contribution is -0.135. The van der Waals surface area contributed by atoms with Crippen molar-refractivity contribution < 1.29 is 9.90 Å². The van der Waals surface area contributed by atoms with E-state index >= 15 is 0 Å². The van der Waals surface area contributed by atoms with Crippen LogP contribution in [0.25, 0.3) is 0 Å². The first-order chi connectivity index (χ1) is 16.4. The molecule has 3 N–H and O–H groups in total. The van der Waals surface area contributed by atoms with Crippen molar-refractivity contribution in [2.24, 2.45) is 0 Å². The molecule has 184 valence electrons. The van der Waals surface area contributed by atoms with Crippen LogP contribution in [-0.4, -0.2) is 89.7 Å². The maximum atomic E-state index is 11.8. The van der Waals surface area contributed by atoms with Crippen molar-refractivity contribution in [3.8, 4) is 0 Å². The number of rotatable bonds is 7. The van der Waals surface area contributed by atoms with Crippen LogP contribution in [0.15, 0.2) is 30.5 Å². The van der Waals surface area contributed by atoms with Crippen LogP contribution in [0.2, 0.25) is 5.02 Å². The monoisotopic (exact) mass is 487 g/mol. The van der Waals surface area contributed by atoms with E-state index < -0.39 is 6.61 Å². The highest BCUT2D eigenvalue weighted by Gasteiger charge is 2.24. The van der Waals surface area contributed by atoms with Crippen molar-refractivity contribution in [1.29, 1.82) is 0 Å². The number of anilines is 4. The van der Waals surface area contributed by atoms with Crippen LogP contribution in [0.3, 0.4) is 0 Å². The Balaban J connectivity index is 1.36. The number of aliphatic hydroxyl groups is 1. The van der Waals surface area contributed by atoms with E-state index in [1.807, 2.05) is 12.1 Å². The molecule has 34 heavy (non-hydrogen) atoms. The smallest absolute Gasteiger partial charge is 0.248 e. The number of halogens is 1. The van der Waals surface area contributed by atoms with Crippen LogP contribution in [0.1, 0.15) is 25.7 Å². The number of benzene rings is 1. The highest BCUT2D eigenvalue weighted by Crippen LogP contribution is 2.26. The Morgan fingerprint density at radius 1 is 1.18 bits per heavy atom. The van der Waals surface area contributed by atoms with Crippen LogP contribution in [0.5, 0.6) is 0 Å². The standard InChI is InChI=1S/C24H34ClN7O2/c1-30(2)19-9-12-31(13-10-19)20-7-5-17(6-8-20)28-24-26-14-21(25)23(29-24)27-18-4-3-11-32(15-18)22(34)16-33/h5-8,14,18-19,33H,3-4,9-13,15-16H2,1-2H3,(H2,26,27,28,29)/t18-/m0/s1. The number of aliphatic hydroxyl groups excluding tert-OH is 1. The summed E-state index contributed by atoms with van der Waals surface area (Å²) in [6.07, 6.45) is 5.67. The Bertz CT molecular complexity index is 964. The van der Waals surface area contributed by atoms with Gasteiger partial charge in [0.2, 0.25) is 11.9 Å². The molecule has 3 heterocycles. The molecule has 2 aromatic rings. The van der Waals surface area contributed by atoms with Gasteiger partial charge in [-0.05, 0) is 64.0 Å². The van der Waals surface area contributed by atoms with E-state index in [2.05, 4.69) is 56.6 Å². The average Bonchev–Trinajstić information content (AvgIpc) is 2.86. The molecular weight excluding hydrogens is 454 g/mol. The fraction of sp³-hybridized carbons (Fsp3) is 0.542. The minimum Gasteiger partial charge on any atom is -0.387 e. The van der Waals surface area contributed by atoms with Crippen molar-refractivity contribution >= 4 is 40.6 Å². The Morgan fingerprint density at radius 3 is 2.59 bits per heavy atom. The molecule has 9 nitrogen and oxygen atoms in total. The summed E-state index contributed by atoms with van der Waals surface area (Å²) in [5.74, 6) is 0.724. The summed E-state index contributed by atoms with van der Waals surface area (Å²) in [6.45, 7) is 2.82. The lowest BCUT2D eigenvalue weighted by Crippen LogP contribution is -2.46. The molecule has 10 heteroatoms. The van der Waals surface area contributed by atoms with Crippen LogP contribution < -0.4 is 15.5 Å². The van der Waals surface area contributed by atoms with Gasteiger partial charge in [0.15, 0.2) is 5.82 Å². The molecule has 0 saturated carbocycles. The molecule has 0 aliphatic carbocycles. The van der Waals surface area contributed by atoms with Gasteiger partial charge < -0.3 is 30.4 Å². The third-order valence-electron chi connectivity index (χ3n) is 6.68. The van der Waals surface area contributed by atoms with Crippen LogP contribution in [0, 0.1) is 0 Å². The molecule has 1 aromatic carbocycles. The lowest BCUT2D eigenvalue weighted by atomic mass is 10.0. The molecule has 1 amide bonds. The van der Waals surface area contributed by atoms with Crippen molar-refractivity contribution in [2.45, 2.75) is 37.8 Å². The molecule has 1 atom stereocenters. The Kier molecular flexibility index (Phi) is 8.07. The van der Waals surface area contributed by atoms with E-state index in [9.17, 15) is 4.79 Å². The summed E-state index contributed by atoms with van der Waals surface area (Å²) in [7, 11) is 4.31. The van der Waals surface area contributed by atoms with Crippen LogP contribution in [-0.2, 0) is 4.79 Å². The van der Waals surface area contributed by atoms with E-state index in [1.54, 1.807) is 11.1 Å². The number of nitrogens with zero attached hydrogens (tertiary/aromatic N) is 5. The normalized spacial score (nSPS) is 19.4.